The molecule has 3 rings (SSSR count). The van der Waals surface area contributed by atoms with Gasteiger partial charge in [-0.1, -0.05) is 0 Å². The van der Waals surface area contributed by atoms with Crippen LogP contribution < -0.4 is 19.7 Å². The summed E-state index contributed by atoms with van der Waals surface area (Å²) in [6.45, 7) is 1.60. The van der Waals surface area contributed by atoms with Gasteiger partial charge < -0.3 is 19.7 Å². The first-order valence-corrected chi connectivity index (χ1v) is 12.3. The van der Waals surface area contributed by atoms with E-state index in [0.29, 0.717) is 0 Å². The third-order valence-electron chi connectivity index (χ3n) is 4.61. The van der Waals surface area contributed by atoms with Crippen LogP contribution in [0.25, 0.3) is 0 Å². The first kappa shape index (κ1) is 25.3. The summed E-state index contributed by atoms with van der Waals surface area (Å²) in [5, 5.41) is 13.2. The van der Waals surface area contributed by atoms with Crippen molar-refractivity contribution in [3.8, 4) is 0 Å². The number of amides is 1. The van der Waals surface area contributed by atoms with Gasteiger partial charge in [-0.05, 0) is 18.2 Å². The van der Waals surface area contributed by atoms with E-state index in [9.17, 15) is 27.5 Å². The summed E-state index contributed by atoms with van der Waals surface area (Å²) in [6.07, 6.45) is 5.34. The van der Waals surface area contributed by atoms with Gasteiger partial charge >= 0.3 is 0 Å². The molecule has 0 aliphatic rings. The lowest BCUT2D eigenvalue weighted by atomic mass is 10.3. The lowest BCUT2D eigenvalue weighted by Gasteiger charge is -2.22. The minimum atomic E-state index is -4.30. The molecule has 0 spiro atoms. The van der Waals surface area contributed by atoms with E-state index in [-0.39, 0.29) is 17.2 Å². The Labute approximate surface area is 199 Å². The van der Waals surface area contributed by atoms with Gasteiger partial charge in [-0.25, -0.2) is 26.9 Å². The number of anilines is 2. The number of hydrogen-bond acceptors (Lipinski definition) is 7. The molecule has 2 N–H and O–H groups in total. The van der Waals surface area contributed by atoms with Crippen LogP contribution in [-0.2, 0) is 27.9 Å². The van der Waals surface area contributed by atoms with Gasteiger partial charge in [-0.2, -0.15) is 0 Å². The number of benzene rings is 1. The molecule has 11 nitrogen and oxygen atoms in total. The molecule has 0 bridgehead atoms. The van der Waals surface area contributed by atoms with Crippen molar-refractivity contribution in [2.45, 2.75) is 18.0 Å². The monoisotopic (exact) mass is 511 g/mol. The third kappa shape index (κ3) is 6.59. The van der Waals surface area contributed by atoms with E-state index < -0.39 is 38.3 Å². The smallest absolute Gasteiger partial charge is 0.266 e. The van der Waals surface area contributed by atoms with Gasteiger partial charge in [-0.15, -0.1) is 11.3 Å². The maximum atomic E-state index is 14.5. The average molecular weight is 512 g/mol. The zero-order valence-corrected chi connectivity index (χ0v) is 20.3. The van der Waals surface area contributed by atoms with Gasteiger partial charge in [-0.3, -0.25) is 9.52 Å². The number of sulfonamides is 1. The number of carboxylic acids is 1. The number of nitrogens with one attached hydrogen (secondary N) is 2. The first-order chi connectivity index (χ1) is 15.8. The Bertz CT molecular complexity index is 1310. The number of imidazole rings is 1. The van der Waals surface area contributed by atoms with E-state index in [0.717, 1.165) is 52.6 Å². The minimum Gasteiger partial charge on any atom is -0.543 e. The number of halogens is 1. The van der Waals surface area contributed by atoms with Gasteiger partial charge in [0, 0.05) is 0 Å². The number of quaternary nitrogens is 1. The average Bonchev–Trinajstić information content (AvgIpc) is 3.36. The van der Waals surface area contributed by atoms with Crippen LogP contribution in [0.4, 0.5) is 15.1 Å². The Morgan fingerprint density at radius 3 is 2.68 bits per heavy atom. The summed E-state index contributed by atoms with van der Waals surface area (Å²) in [4.78, 5) is 26.4. The molecule has 2 heterocycles. The SMILES string of the molecule is C[N+](C)(C)CCn1cc[n+](CC(=O)Nc2ccc(S(=O)(=O)Nc3scnc3C(=O)[O-])cc2F)c1. The first-order valence-electron chi connectivity index (χ1n) is 9.96. The molecular formula is C20H24FN6O5S2+. The second-order valence-corrected chi connectivity index (χ2v) is 11.0. The Balaban J connectivity index is 1.65. The molecule has 0 aliphatic heterocycles. The van der Waals surface area contributed by atoms with Gasteiger partial charge in [0.2, 0.25) is 6.33 Å². The van der Waals surface area contributed by atoms with Crippen LogP contribution in [0.2, 0.25) is 0 Å². The highest BCUT2D eigenvalue weighted by atomic mass is 32.2. The normalized spacial score (nSPS) is 11.9. The van der Waals surface area contributed by atoms with Crippen molar-refractivity contribution in [1.82, 2.24) is 9.55 Å². The summed E-state index contributed by atoms with van der Waals surface area (Å²) in [6, 6.07) is 2.94. The number of rotatable bonds is 10. The molecule has 0 saturated carbocycles. The number of carbonyl (C=O) groups is 2. The lowest BCUT2D eigenvalue weighted by Crippen LogP contribution is -2.39. The number of carbonyl (C=O) groups excluding carboxylic acids is 2. The molecule has 34 heavy (non-hydrogen) atoms. The standard InChI is InChI=1S/C20H23FN6O5S2/c1-27(2,3)9-8-25-6-7-26(13-25)11-17(28)23-16-5-4-14(10-15(16)21)34(31,32)24-19-18(20(29)30)22-12-33-19/h4-7,10,12-13,24H,8-9,11H2,1-3H3/p+1. The maximum Gasteiger partial charge on any atom is 0.266 e. The van der Waals surface area contributed by atoms with Crippen LogP contribution in [0.5, 0.6) is 0 Å². The highest BCUT2D eigenvalue weighted by Gasteiger charge is 2.21. The molecule has 2 aromatic heterocycles. The molecule has 1 aromatic carbocycles. The zero-order valence-electron chi connectivity index (χ0n) is 18.7. The fourth-order valence-corrected chi connectivity index (χ4v) is 4.84. The fraction of sp³-hybridized carbons (Fsp3) is 0.300. The predicted molar refractivity (Wildman–Crippen MR) is 120 cm³/mol. The summed E-state index contributed by atoms with van der Waals surface area (Å²) in [5.41, 5.74) is 0.377. The zero-order chi connectivity index (χ0) is 25.1. The van der Waals surface area contributed by atoms with Gasteiger partial charge in [0.1, 0.15) is 42.0 Å². The summed E-state index contributed by atoms with van der Waals surface area (Å²) in [5.74, 6) is -3.11. The van der Waals surface area contributed by atoms with E-state index in [4.69, 9.17) is 0 Å². The van der Waals surface area contributed by atoms with E-state index in [1.54, 1.807) is 17.1 Å². The largest absolute Gasteiger partial charge is 0.543 e. The van der Waals surface area contributed by atoms with Crippen molar-refractivity contribution in [2.24, 2.45) is 0 Å². The van der Waals surface area contributed by atoms with Crippen molar-refractivity contribution in [2.75, 3.05) is 37.7 Å². The molecule has 1 amide bonds. The summed E-state index contributed by atoms with van der Waals surface area (Å²) in [7, 11) is 1.94. The van der Waals surface area contributed by atoms with Crippen LogP contribution >= 0.6 is 11.3 Å². The molecule has 0 aliphatic carbocycles. The third-order valence-corrected chi connectivity index (χ3v) is 6.83. The van der Waals surface area contributed by atoms with Crippen molar-refractivity contribution in [3.63, 3.8) is 0 Å². The van der Waals surface area contributed by atoms with E-state index in [2.05, 4.69) is 36.2 Å². The molecule has 182 valence electrons. The van der Waals surface area contributed by atoms with Crippen molar-refractivity contribution in [3.05, 3.63) is 53.9 Å². The summed E-state index contributed by atoms with van der Waals surface area (Å²) < 4.78 is 46.0. The summed E-state index contributed by atoms with van der Waals surface area (Å²) >= 11 is 0.744. The number of nitrogens with zero attached hydrogens (tertiary/aromatic N) is 4. The molecule has 0 unspecified atom stereocenters. The van der Waals surface area contributed by atoms with Gasteiger partial charge in [0.05, 0.1) is 43.2 Å². The van der Waals surface area contributed by atoms with Gasteiger partial charge in [0.25, 0.3) is 15.9 Å². The number of carboxylic acid groups (broad SMARTS) is 1. The lowest BCUT2D eigenvalue weighted by molar-refractivity contribution is -0.871. The molecule has 0 fully saturated rings. The highest BCUT2D eigenvalue weighted by Crippen LogP contribution is 2.25. The fourth-order valence-electron chi connectivity index (χ4n) is 2.84. The maximum absolute atomic E-state index is 14.5. The topological polar surface area (TPSA) is 137 Å². The molecule has 3 aromatic rings. The van der Waals surface area contributed by atoms with Crippen molar-refractivity contribution < 1.29 is 36.6 Å². The van der Waals surface area contributed by atoms with Crippen LogP contribution in [0.1, 0.15) is 10.5 Å². The highest BCUT2D eigenvalue weighted by molar-refractivity contribution is 7.93. The number of aromatic carboxylic acids is 1. The van der Waals surface area contributed by atoms with Crippen LogP contribution in [0.15, 0.2) is 47.3 Å². The van der Waals surface area contributed by atoms with Crippen LogP contribution in [0, 0.1) is 5.82 Å². The van der Waals surface area contributed by atoms with Crippen LogP contribution in [-0.4, -0.2) is 62.0 Å². The Hall–Kier alpha value is -3.36. The van der Waals surface area contributed by atoms with E-state index >= 15 is 0 Å². The van der Waals surface area contributed by atoms with Gasteiger partial charge in [0.15, 0.2) is 6.54 Å². The second kappa shape index (κ2) is 9.87. The molecule has 0 saturated heterocycles. The van der Waals surface area contributed by atoms with Crippen molar-refractivity contribution >= 4 is 43.9 Å². The second-order valence-electron chi connectivity index (χ2n) is 8.45. The minimum absolute atomic E-state index is 0.0597. The quantitative estimate of drug-likeness (QED) is 0.288. The molecule has 14 heteroatoms. The number of aromatic nitrogens is 3. The number of hydrogen-bond donors (Lipinski definition) is 2. The van der Waals surface area contributed by atoms with Crippen molar-refractivity contribution in [1.29, 1.82) is 0 Å². The molecule has 0 atom stereocenters. The molecular weight excluding hydrogens is 487 g/mol. The number of thiazole rings is 1. The Morgan fingerprint density at radius 2 is 2.03 bits per heavy atom. The van der Waals surface area contributed by atoms with E-state index in [1.807, 2.05) is 10.8 Å². The van der Waals surface area contributed by atoms with Crippen LogP contribution in [0.3, 0.4) is 0 Å². The molecule has 0 radical (unpaired) electrons. The predicted octanol–water partition coefficient (Wildman–Crippen LogP) is -0.120. The van der Waals surface area contributed by atoms with E-state index in [1.165, 1.54) is 0 Å². The Morgan fingerprint density at radius 1 is 1.29 bits per heavy atom. The Kier molecular flexibility index (Phi) is 7.33. The number of likely N-dealkylation sites (N-methyl/N-ethyl adjacent to an activating group) is 1.